The SMILES string of the molecule is CC(C)=CCc1c(O[C@H]2O[C@@H](CO)[C@@H](O)[C@@H](O)[C@@H]2O)cc2c(c1O)C(=O)[C@@H](O)[C@@H](c1ccc(O)cc1)O2. The smallest absolute Gasteiger partial charge is 0.229 e. The first-order valence-corrected chi connectivity index (χ1v) is 11.7. The van der Waals surface area contributed by atoms with Crippen LogP contribution in [0, 0.1) is 0 Å². The van der Waals surface area contributed by atoms with E-state index in [1.807, 2.05) is 13.8 Å². The third-order valence-corrected chi connectivity index (χ3v) is 6.41. The van der Waals surface area contributed by atoms with Crippen LogP contribution in [0.25, 0.3) is 0 Å². The summed E-state index contributed by atoms with van der Waals surface area (Å²) in [5.41, 5.74) is 1.17. The second-order valence-electron chi connectivity index (χ2n) is 9.31. The monoisotopic (exact) mass is 518 g/mol. The maximum Gasteiger partial charge on any atom is 0.229 e. The Morgan fingerprint density at radius 3 is 2.32 bits per heavy atom. The molecule has 11 nitrogen and oxygen atoms in total. The Morgan fingerprint density at radius 1 is 1.03 bits per heavy atom. The van der Waals surface area contributed by atoms with Crippen molar-refractivity contribution in [2.75, 3.05) is 6.61 Å². The van der Waals surface area contributed by atoms with Crippen molar-refractivity contribution in [3.8, 4) is 23.0 Å². The van der Waals surface area contributed by atoms with Crippen molar-refractivity contribution in [2.45, 2.75) is 63.2 Å². The predicted octanol–water partition coefficient (Wildman–Crippen LogP) is 0.462. The number of fused-ring (bicyclic) bond motifs is 1. The van der Waals surface area contributed by atoms with Crippen molar-refractivity contribution in [1.82, 2.24) is 0 Å². The van der Waals surface area contributed by atoms with E-state index < -0.39 is 61.1 Å². The summed E-state index contributed by atoms with van der Waals surface area (Å²) in [7, 11) is 0. The lowest BCUT2D eigenvalue weighted by Crippen LogP contribution is -2.60. The fraction of sp³-hybridized carbons (Fsp3) is 0.423. The van der Waals surface area contributed by atoms with E-state index in [4.69, 9.17) is 14.2 Å². The van der Waals surface area contributed by atoms with Gasteiger partial charge in [0.05, 0.1) is 6.61 Å². The zero-order valence-corrected chi connectivity index (χ0v) is 20.2. The van der Waals surface area contributed by atoms with E-state index in [2.05, 4.69) is 0 Å². The number of aliphatic hydroxyl groups excluding tert-OH is 5. The minimum Gasteiger partial charge on any atom is -0.508 e. The summed E-state index contributed by atoms with van der Waals surface area (Å²) in [6.45, 7) is 3.00. The molecule has 0 unspecified atom stereocenters. The van der Waals surface area contributed by atoms with E-state index in [1.165, 1.54) is 30.3 Å². The first kappa shape index (κ1) is 26.9. The number of ether oxygens (including phenoxy) is 3. The molecule has 0 spiro atoms. The minimum absolute atomic E-state index is 0.0162. The number of carbonyl (C=O) groups excluding carboxylic acids is 1. The maximum absolute atomic E-state index is 13.1. The van der Waals surface area contributed by atoms with E-state index in [1.54, 1.807) is 6.08 Å². The molecule has 7 N–H and O–H groups in total. The van der Waals surface area contributed by atoms with Crippen LogP contribution in [0.3, 0.4) is 0 Å². The summed E-state index contributed by atoms with van der Waals surface area (Å²) >= 11 is 0. The van der Waals surface area contributed by atoms with Gasteiger partial charge in [0.15, 0.2) is 12.2 Å². The number of allylic oxidation sites excluding steroid dienone is 2. The van der Waals surface area contributed by atoms with Crippen molar-refractivity contribution in [3.63, 3.8) is 0 Å². The fourth-order valence-corrected chi connectivity index (χ4v) is 4.29. The number of ketones is 1. The fourth-order valence-electron chi connectivity index (χ4n) is 4.29. The van der Waals surface area contributed by atoms with Crippen LogP contribution in [0.5, 0.6) is 23.0 Å². The van der Waals surface area contributed by atoms with Gasteiger partial charge in [-0.05, 0) is 38.0 Å². The van der Waals surface area contributed by atoms with Gasteiger partial charge in [0, 0.05) is 11.6 Å². The van der Waals surface area contributed by atoms with E-state index in [0.717, 1.165) is 5.57 Å². The molecule has 2 heterocycles. The second-order valence-corrected chi connectivity index (χ2v) is 9.31. The topological polar surface area (TPSA) is 186 Å². The molecular weight excluding hydrogens is 488 g/mol. The Labute approximate surface area is 212 Å². The van der Waals surface area contributed by atoms with Crippen LogP contribution in [0.1, 0.15) is 41.4 Å². The number of rotatable bonds is 6. The molecule has 0 aliphatic carbocycles. The molecule has 37 heavy (non-hydrogen) atoms. The standard InChI is InChI=1S/C26H30O11/c1-11(2)3-8-14-15(36-26-24(34)22(32)20(30)17(10-27)37-26)9-16-18(19(14)29)21(31)23(33)25(35-16)12-4-6-13(28)7-5-12/h3-7,9,17,20,22-30,32-34H,8,10H2,1-2H3/t17-,20+,22+,23+,24-,25+,26-/m0/s1. The highest BCUT2D eigenvalue weighted by Gasteiger charge is 2.46. The van der Waals surface area contributed by atoms with E-state index in [-0.39, 0.29) is 34.8 Å². The van der Waals surface area contributed by atoms with Crippen molar-refractivity contribution in [1.29, 1.82) is 0 Å². The number of Topliss-reactive ketones (excluding diaryl/α,β-unsaturated/α-hetero) is 1. The zero-order chi connectivity index (χ0) is 27.0. The van der Waals surface area contributed by atoms with E-state index >= 15 is 0 Å². The van der Waals surface area contributed by atoms with Crippen LogP contribution < -0.4 is 9.47 Å². The quantitative estimate of drug-likeness (QED) is 0.263. The van der Waals surface area contributed by atoms with Crippen molar-refractivity contribution < 1.29 is 54.8 Å². The Bertz CT molecular complexity index is 1170. The lowest BCUT2D eigenvalue weighted by molar-refractivity contribution is -0.277. The number of carbonyl (C=O) groups is 1. The molecule has 0 amide bonds. The highest BCUT2D eigenvalue weighted by atomic mass is 16.7. The number of benzene rings is 2. The van der Waals surface area contributed by atoms with E-state index in [0.29, 0.717) is 5.56 Å². The van der Waals surface area contributed by atoms with Crippen LogP contribution in [0.4, 0.5) is 0 Å². The average molecular weight is 519 g/mol. The maximum atomic E-state index is 13.1. The third-order valence-electron chi connectivity index (χ3n) is 6.41. The molecule has 0 bridgehead atoms. The summed E-state index contributed by atoms with van der Waals surface area (Å²) in [6.07, 6.45) is -8.68. The van der Waals surface area contributed by atoms with Gasteiger partial charge >= 0.3 is 0 Å². The number of hydrogen-bond donors (Lipinski definition) is 7. The van der Waals surface area contributed by atoms with Gasteiger partial charge in [-0.3, -0.25) is 4.79 Å². The second kappa shape index (κ2) is 10.7. The Kier molecular flexibility index (Phi) is 7.74. The largest absolute Gasteiger partial charge is 0.508 e. The molecule has 2 aliphatic heterocycles. The molecule has 2 aromatic carbocycles. The summed E-state index contributed by atoms with van der Waals surface area (Å²) in [6, 6.07) is 7.02. The summed E-state index contributed by atoms with van der Waals surface area (Å²) < 4.78 is 17.2. The molecule has 0 saturated carbocycles. The Balaban J connectivity index is 1.77. The first-order valence-electron chi connectivity index (χ1n) is 11.7. The van der Waals surface area contributed by atoms with Crippen LogP contribution in [-0.4, -0.2) is 84.9 Å². The molecule has 2 aromatic rings. The molecule has 0 aromatic heterocycles. The Hall–Kier alpha value is -3.19. The van der Waals surface area contributed by atoms with Gasteiger partial charge in [0.1, 0.15) is 53.0 Å². The van der Waals surface area contributed by atoms with Gasteiger partial charge in [0.2, 0.25) is 12.1 Å². The lowest BCUT2D eigenvalue weighted by atomic mass is 9.90. The zero-order valence-electron chi connectivity index (χ0n) is 20.2. The molecule has 0 radical (unpaired) electrons. The van der Waals surface area contributed by atoms with Crippen molar-refractivity contribution >= 4 is 5.78 Å². The highest BCUT2D eigenvalue weighted by molar-refractivity contribution is 6.06. The third kappa shape index (κ3) is 5.14. The number of hydrogen-bond acceptors (Lipinski definition) is 11. The van der Waals surface area contributed by atoms with Crippen molar-refractivity contribution in [3.05, 3.63) is 58.7 Å². The first-order chi connectivity index (χ1) is 17.5. The van der Waals surface area contributed by atoms with Crippen molar-refractivity contribution in [2.24, 2.45) is 0 Å². The average Bonchev–Trinajstić information content (AvgIpc) is 2.86. The summed E-state index contributed by atoms with van der Waals surface area (Å²) in [5, 5.41) is 71.5. The molecule has 11 heteroatoms. The summed E-state index contributed by atoms with van der Waals surface area (Å²) in [4.78, 5) is 13.1. The number of phenolic OH excluding ortho intramolecular Hbond substituents is 2. The molecular formula is C26H30O11. The molecule has 4 rings (SSSR count). The minimum atomic E-state index is -1.71. The molecule has 1 saturated heterocycles. The summed E-state index contributed by atoms with van der Waals surface area (Å²) in [5.74, 6) is -1.45. The van der Waals surface area contributed by atoms with Gasteiger partial charge in [0.25, 0.3) is 0 Å². The lowest BCUT2D eigenvalue weighted by Gasteiger charge is -2.40. The van der Waals surface area contributed by atoms with Gasteiger partial charge in [-0.15, -0.1) is 0 Å². The van der Waals surface area contributed by atoms with Gasteiger partial charge in [-0.25, -0.2) is 0 Å². The van der Waals surface area contributed by atoms with Gasteiger partial charge < -0.3 is 50.0 Å². The molecule has 7 atom stereocenters. The van der Waals surface area contributed by atoms with Crippen LogP contribution in [0.15, 0.2) is 42.0 Å². The number of phenols is 2. The van der Waals surface area contributed by atoms with Gasteiger partial charge in [-0.1, -0.05) is 23.8 Å². The normalized spacial score (nSPS) is 29.3. The molecule has 2 aliphatic rings. The number of aromatic hydroxyl groups is 2. The molecule has 200 valence electrons. The van der Waals surface area contributed by atoms with Crippen LogP contribution in [0.2, 0.25) is 0 Å². The number of aliphatic hydroxyl groups is 5. The van der Waals surface area contributed by atoms with Crippen LogP contribution >= 0.6 is 0 Å². The van der Waals surface area contributed by atoms with E-state index in [9.17, 15) is 40.5 Å². The predicted molar refractivity (Wildman–Crippen MR) is 127 cm³/mol. The highest BCUT2D eigenvalue weighted by Crippen LogP contribution is 2.46. The van der Waals surface area contributed by atoms with Gasteiger partial charge in [-0.2, -0.15) is 0 Å². The Morgan fingerprint density at radius 2 is 1.70 bits per heavy atom. The molecule has 1 fully saturated rings. The van der Waals surface area contributed by atoms with Crippen LogP contribution in [-0.2, 0) is 11.2 Å².